The van der Waals surface area contributed by atoms with Gasteiger partial charge in [-0.05, 0) is 30.6 Å². The standard InChI is InChI=1S/C13H18N6O3S2/c1-17(2)4-5-18-13(14-15-16-18)24-7-8-10(20)19-9(12(21)22)3-6-23-11(8)19/h3,8,11H,4-7H2,1-2H3,(H,21,22)/t8?,11-/m0/s1. The molecular formula is C13H18N6O3S2. The fourth-order valence-electron chi connectivity index (χ4n) is 2.54. The first-order valence-corrected chi connectivity index (χ1v) is 9.44. The van der Waals surface area contributed by atoms with Crippen LogP contribution in [0.25, 0.3) is 0 Å². The number of likely N-dealkylation sites (N-methyl/N-ethyl adjacent to an activating group) is 1. The number of carbonyl (C=O) groups excluding carboxylic acids is 1. The fraction of sp³-hybridized carbons (Fsp3) is 0.615. The van der Waals surface area contributed by atoms with Gasteiger partial charge in [0.1, 0.15) is 5.70 Å². The van der Waals surface area contributed by atoms with Gasteiger partial charge in [-0.2, -0.15) is 0 Å². The molecule has 0 radical (unpaired) electrons. The summed E-state index contributed by atoms with van der Waals surface area (Å²) in [6.45, 7) is 1.50. The molecule has 1 aromatic heterocycles. The molecular weight excluding hydrogens is 352 g/mol. The lowest BCUT2D eigenvalue weighted by Gasteiger charge is -2.48. The highest BCUT2D eigenvalue weighted by Crippen LogP contribution is 2.43. The smallest absolute Gasteiger partial charge is 0.352 e. The van der Waals surface area contributed by atoms with Crippen LogP contribution in [0.3, 0.4) is 0 Å². The van der Waals surface area contributed by atoms with Gasteiger partial charge in [0.15, 0.2) is 0 Å². The molecule has 2 aliphatic heterocycles. The van der Waals surface area contributed by atoms with E-state index in [9.17, 15) is 14.7 Å². The molecule has 1 amide bonds. The first kappa shape index (κ1) is 17.2. The maximum absolute atomic E-state index is 12.3. The molecule has 2 aliphatic rings. The van der Waals surface area contributed by atoms with Crippen LogP contribution in [0.2, 0.25) is 0 Å². The lowest BCUT2D eigenvalue weighted by Crippen LogP contribution is -2.61. The van der Waals surface area contributed by atoms with Crippen molar-refractivity contribution in [3.63, 3.8) is 0 Å². The van der Waals surface area contributed by atoms with Crippen LogP contribution in [0, 0.1) is 5.92 Å². The first-order chi connectivity index (χ1) is 11.5. The van der Waals surface area contributed by atoms with E-state index in [1.165, 1.54) is 16.7 Å². The van der Waals surface area contributed by atoms with Gasteiger partial charge >= 0.3 is 5.97 Å². The third kappa shape index (κ3) is 3.28. The highest BCUT2D eigenvalue weighted by molar-refractivity contribution is 8.00. The highest BCUT2D eigenvalue weighted by Gasteiger charge is 2.51. The SMILES string of the molecule is CN(C)CCn1nnnc1SCC1C(=O)N2C(C(=O)O)=CCS[C@@H]12. The number of nitrogens with zero attached hydrogens (tertiary/aromatic N) is 6. The second kappa shape index (κ2) is 7.11. The maximum Gasteiger partial charge on any atom is 0.352 e. The van der Waals surface area contributed by atoms with Gasteiger partial charge in [-0.25, -0.2) is 9.48 Å². The number of aromatic nitrogens is 4. The Balaban J connectivity index is 1.59. The van der Waals surface area contributed by atoms with Gasteiger partial charge in [-0.1, -0.05) is 11.8 Å². The molecule has 1 N–H and O–H groups in total. The number of β-lactam (4-membered cyclic amide) rings is 1. The Morgan fingerprint density at radius 1 is 1.54 bits per heavy atom. The van der Waals surface area contributed by atoms with Gasteiger partial charge in [0, 0.05) is 18.1 Å². The van der Waals surface area contributed by atoms with Crippen LogP contribution in [0.5, 0.6) is 0 Å². The quantitative estimate of drug-likeness (QED) is 0.517. The van der Waals surface area contributed by atoms with E-state index in [0.717, 1.165) is 6.54 Å². The van der Waals surface area contributed by atoms with Gasteiger partial charge in [0.25, 0.3) is 0 Å². The van der Waals surface area contributed by atoms with Gasteiger partial charge in [0.05, 0.1) is 17.8 Å². The van der Waals surface area contributed by atoms with Crippen molar-refractivity contribution in [2.45, 2.75) is 17.1 Å². The number of amides is 1. The summed E-state index contributed by atoms with van der Waals surface area (Å²) in [7, 11) is 3.96. The van der Waals surface area contributed by atoms with Gasteiger partial charge < -0.3 is 10.0 Å². The number of carboxylic acid groups (broad SMARTS) is 1. The summed E-state index contributed by atoms with van der Waals surface area (Å²) in [4.78, 5) is 26.9. The van der Waals surface area contributed by atoms with Crippen molar-refractivity contribution >= 4 is 35.4 Å². The average Bonchev–Trinajstić information content (AvgIpc) is 2.99. The summed E-state index contributed by atoms with van der Waals surface area (Å²) in [5.41, 5.74) is 0.0980. The number of carboxylic acids is 1. The van der Waals surface area contributed by atoms with E-state index in [-0.39, 0.29) is 22.9 Å². The Morgan fingerprint density at radius 3 is 3.04 bits per heavy atom. The van der Waals surface area contributed by atoms with Crippen molar-refractivity contribution in [2.75, 3.05) is 32.1 Å². The predicted octanol–water partition coefficient (Wildman–Crippen LogP) is -0.173. The Labute approximate surface area is 147 Å². The van der Waals surface area contributed by atoms with Crippen molar-refractivity contribution in [3.8, 4) is 0 Å². The molecule has 9 nitrogen and oxygen atoms in total. The average molecular weight is 370 g/mol. The normalized spacial score (nSPS) is 23.0. The van der Waals surface area contributed by atoms with Crippen LogP contribution in [0.15, 0.2) is 16.9 Å². The number of aliphatic carboxylic acids is 1. The lowest BCUT2D eigenvalue weighted by molar-refractivity contribution is -0.151. The topological polar surface area (TPSA) is 104 Å². The Hall–Kier alpha value is -1.59. The zero-order chi connectivity index (χ0) is 17.3. The Morgan fingerprint density at radius 2 is 2.33 bits per heavy atom. The van der Waals surface area contributed by atoms with E-state index in [2.05, 4.69) is 15.5 Å². The van der Waals surface area contributed by atoms with E-state index in [1.807, 2.05) is 19.0 Å². The van der Waals surface area contributed by atoms with E-state index in [4.69, 9.17) is 0 Å². The van der Waals surface area contributed by atoms with Crippen molar-refractivity contribution in [1.82, 2.24) is 30.0 Å². The van der Waals surface area contributed by atoms with Crippen LogP contribution in [-0.4, -0.2) is 84.5 Å². The van der Waals surface area contributed by atoms with Crippen LogP contribution in [0.4, 0.5) is 0 Å². The second-order valence-electron chi connectivity index (χ2n) is 5.73. The molecule has 3 rings (SSSR count). The predicted molar refractivity (Wildman–Crippen MR) is 89.4 cm³/mol. The highest BCUT2D eigenvalue weighted by atomic mass is 32.2. The van der Waals surface area contributed by atoms with Crippen LogP contribution in [-0.2, 0) is 16.1 Å². The summed E-state index contributed by atoms with van der Waals surface area (Å²) in [5, 5.41) is 21.4. The summed E-state index contributed by atoms with van der Waals surface area (Å²) in [6, 6.07) is 0. The largest absolute Gasteiger partial charge is 0.477 e. The van der Waals surface area contributed by atoms with E-state index < -0.39 is 5.97 Å². The van der Waals surface area contributed by atoms with Gasteiger partial charge in [-0.15, -0.1) is 16.9 Å². The molecule has 3 heterocycles. The number of hydrogen-bond acceptors (Lipinski definition) is 8. The number of hydrogen-bond donors (Lipinski definition) is 1. The van der Waals surface area contributed by atoms with E-state index in [0.29, 0.717) is 23.2 Å². The Bertz CT molecular complexity index is 676. The van der Waals surface area contributed by atoms with Crippen LogP contribution < -0.4 is 0 Å². The van der Waals surface area contributed by atoms with E-state index in [1.54, 1.807) is 22.5 Å². The van der Waals surface area contributed by atoms with Crippen LogP contribution >= 0.6 is 23.5 Å². The molecule has 1 fully saturated rings. The van der Waals surface area contributed by atoms with Crippen molar-refractivity contribution in [3.05, 3.63) is 11.8 Å². The second-order valence-corrected chi connectivity index (χ2v) is 7.87. The molecule has 0 spiro atoms. The first-order valence-electron chi connectivity index (χ1n) is 7.41. The summed E-state index contributed by atoms with van der Waals surface area (Å²) in [6.07, 6.45) is 1.59. The number of carbonyl (C=O) groups is 2. The van der Waals surface area contributed by atoms with Gasteiger partial charge in [0.2, 0.25) is 11.1 Å². The molecule has 1 aromatic rings. The molecule has 0 bridgehead atoms. The molecule has 24 heavy (non-hydrogen) atoms. The van der Waals surface area contributed by atoms with Gasteiger partial charge in [-0.3, -0.25) is 9.69 Å². The minimum absolute atomic E-state index is 0.0980. The maximum atomic E-state index is 12.3. The molecule has 1 saturated heterocycles. The number of rotatable bonds is 7. The zero-order valence-electron chi connectivity index (χ0n) is 13.3. The molecule has 0 aromatic carbocycles. The summed E-state index contributed by atoms with van der Waals surface area (Å²) >= 11 is 3.03. The van der Waals surface area contributed by atoms with Crippen molar-refractivity contribution < 1.29 is 14.7 Å². The molecule has 11 heteroatoms. The summed E-state index contributed by atoms with van der Waals surface area (Å²) < 4.78 is 1.72. The molecule has 1 unspecified atom stereocenters. The van der Waals surface area contributed by atoms with Crippen molar-refractivity contribution in [2.24, 2.45) is 5.92 Å². The van der Waals surface area contributed by atoms with Crippen LogP contribution in [0.1, 0.15) is 0 Å². The molecule has 0 saturated carbocycles. The third-order valence-electron chi connectivity index (χ3n) is 3.83. The zero-order valence-corrected chi connectivity index (χ0v) is 15.0. The monoisotopic (exact) mass is 370 g/mol. The Kier molecular flexibility index (Phi) is 5.11. The van der Waals surface area contributed by atoms with E-state index >= 15 is 0 Å². The molecule has 130 valence electrons. The minimum atomic E-state index is -1.05. The van der Waals surface area contributed by atoms with Crippen molar-refractivity contribution in [1.29, 1.82) is 0 Å². The number of fused-ring (bicyclic) bond motifs is 1. The lowest BCUT2D eigenvalue weighted by atomic mass is 9.99. The minimum Gasteiger partial charge on any atom is -0.477 e. The third-order valence-corrected chi connectivity index (χ3v) is 6.14. The molecule has 2 atom stereocenters. The fourth-order valence-corrected chi connectivity index (χ4v) is 4.95. The molecule has 0 aliphatic carbocycles. The summed E-state index contributed by atoms with van der Waals surface area (Å²) in [5.74, 6) is -0.241. The number of thioether (sulfide) groups is 2. The number of tetrazole rings is 1.